The van der Waals surface area contributed by atoms with E-state index in [0.29, 0.717) is 46.7 Å². The molecule has 4 aromatic rings. The summed E-state index contributed by atoms with van der Waals surface area (Å²) in [6, 6.07) is 19.7. The Kier molecular flexibility index (Phi) is 7.47. The second kappa shape index (κ2) is 10.9. The van der Waals surface area contributed by atoms with E-state index in [1.54, 1.807) is 24.3 Å². The largest absolute Gasteiger partial charge is 0.494 e. The predicted molar refractivity (Wildman–Crippen MR) is 141 cm³/mol. The quantitative estimate of drug-likeness (QED) is 0.275. The number of hydrogen-bond donors (Lipinski definition) is 3. The van der Waals surface area contributed by atoms with E-state index < -0.39 is 0 Å². The van der Waals surface area contributed by atoms with E-state index in [1.807, 2.05) is 62.3 Å². The number of hydrogen-bond acceptors (Lipinski definition) is 4. The average molecular weight is 483 g/mol. The molecule has 36 heavy (non-hydrogen) atoms. The van der Waals surface area contributed by atoms with Crippen molar-refractivity contribution in [1.82, 2.24) is 15.2 Å². The van der Waals surface area contributed by atoms with Crippen molar-refractivity contribution >= 4 is 28.2 Å². The molecular formula is C29H27FN4O2. The van der Waals surface area contributed by atoms with Crippen molar-refractivity contribution in [2.45, 2.75) is 13.5 Å². The van der Waals surface area contributed by atoms with Crippen molar-refractivity contribution in [3.8, 4) is 17.7 Å². The summed E-state index contributed by atoms with van der Waals surface area (Å²) >= 11 is 0. The zero-order chi connectivity index (χ0) is 25.7. The van der Waals surface area contributed by atoms with Crippen LogP contribution in [0.2, 0.25) is 0 Å². The minimum Gasteiger partial charge on any atom is -0.494 e. The smallest absolute Gasteiger partial charge is 0.296 e. The number of aliphatic imine (C=N–C) groups is 1. The zero-order valence-corrected chi connectivity index (χ0v) is 20.4. The maximum atomic E-state index is 14.8. The lowest BCUT2D eigenvalue weighted by Crippen LogP contribution is -2.20. The number of nitrogens with one attached hydrogen (secondary N) is 2. The fourth-order valence-electron chi connectivity index (χ4n) is 3.90. The molecule has 3 N–H and O–H groups in total. The number of amides is 1. The molecule has 0 saturated carbocycles. The van der Waals surface area contributed by atoms with Crippen LogP contribution in [0.15, 0.2) is 71.7 Å². The van der Waals surface area contributed by atoms with Crippen molar-refractivity contribution in [2.75, 3.05) is 20.6 Å². The molecule has 0 saturated heterocycles. The van der Waals surface area contributed by atoms with Crippen LogP contribution in [-0.4, -0.2) is 47.2 Å². The first-order chi connectivity index (χ1) is 17.4. The van der Waals surface area contributed by atoms with E-state index in [0.717, 1.165) is 10.9 Å². The number of carbonyl (C=O) groups is 1. The van der Waals surface area contributed by atoms with Crippen LogP contribution in [0.5, 0.6) is 5.88 Å². The number of benzene rings is 3. The maximum Gasteiger partial charge on any atom is 0.296 e. The van der Waals surface area contributed by atoms with E-state index in [2.05, 4.69) is 22.1 Å². The molecular weight excluding hydrogens is 455 g/mol. The Balaban J connectivity index is 1.81. The van der Waals surface area contributed by atoms with E-state index >= 15 is 0 Å². The summed E-state index contributed by atoms with van der Waals surface area (Å²) in [6.07, 6.45) is 0. The SMILES string of the molecule is CCNC(=O)C#Cc1ccc2c(C(=Nc3ccc(CN(C)C)c(F)c3)c3ccccc3)c(O)[nH]c2c1. The highest BCUT2D eigenvalue weighted by Gasteiger charge is 2.19. The van der Waals surface area contributed by atoms with E-state index in [4.69, 9.17) is 4.99 Å². The van der Waals surface area contributed by atoms with E-state index in [1.165, 1.54) is 6.07 Å². The summed E-state index contributed by atoms with van der Waals surface area (Å²) < 4.78 is 14.8. The third-order valence-corrected chi connectivity index (χ3v) is 5.48. The summed E-state index contributed by atoms with van der Waals surface area (Å²) in [5, 5.41) is 14.3. The molecule has 4 rings (SSSR count). The topological polar surface area (TPSA) is 80.7 Å². The molecule has 6 nitrogen and oxygen atoms in total. The number of halogens is 1. The second-order valence-electron chi connectivity index (χ2n) is 8.56. The number of nitrogens with zero attached hydrogens (tertiary/aromatic N) is 2. The number of aromatic hydroxyl groups is 1. The van der Waals surface area contributed by atoms with Crippen molar-refractivity contribution in [3.05, 3.63) is 94.8 Å². The van der Waals surface area contributed by atoms with Crippen LogP contribution in [0.1, 0.15) is 29.2 Å². The number of rotatable bonds is 6. The molecule has 7 heteroatoms. The van der Waals surface area contributed by atoms with Crippen LogP contribution in [-0.2, 0) is 11.3 Å². The molecule has 1 aromatic heterocycles. The van der Waals surface area contributed by atoms with Gasteiger partial charge in [0.25, 0.3) is 5.91 Å². The molecule has 0 aliphatic carbocycles. The van der Waals surface area contributed by atoms with Crippen LogP contribution < -0.4 is 5.32 Å². The monoisotopic (exact) mass is 482 g/mol. The van der Waals surface area contributed by atoms with Crippen LogP contribution in [0.3, 0.4) is 0 Å². The first kappa shape index (κ1) is 24.7. The fraction of sp³-hybridized carbons (Fsp3) is 0.172. The van der Waals surface area contributed by atoms with Gasteiger partial charge in [-0.25, -0.2) is 9.38 Å². The first-order valence-corrected chi connectivity index (χ1v) is 11.6. The highest BCUT2D eigenvalue weighted by atomic mass is 19.1. The average Bonchev–Trinajstić information content (AvgIpc) is 3.18. The predicted octanol–water partition coefficient (Wildman–Crippen LogP) is 4.73. The van der Waals surface area contributed by atoms with Gasteiger partial charge in [0.2, 0.25) is 0 Å². The highest BCUT2D eigenvalue weighted by Crippen LogP contribution is 2.32. The molecule has 3 aromatic carbocycles. The zero-order valence-electron chi connectivity index (χ0n) is 20.4. The van der Waals surface area contributed by atoms with Crippen LogP contribution in [0.4, 0.5) is 10.1 Å². The molecule has 0 bridgehead atoms. The molecule has 1 heterocycles. The third-order valence-electron chi connectivity index (χ3n) is 5.48. The molecule has 0 aliphatic rings. The molecule has 0 aliphatic heterocycles. The number of aromatic nitrogens is 1. The molecule has 0 fully saturated rings. The Labute approximate surface area is 209 Å². The summed E-state index contributed by atoms with van der Waals surface area (Å²) in [5.74, 6) is 4.63. The van der Waals surface area contributed by atoms with Crippen LogP contribution in [0.25, 0.3) is 10.9 Å². The first-order valence-electron chi connectivity index (χ1n) is 11.6. The van der Waals surface area contributed by atoms with Crippen molar-refractivity contribution < 1.29 is 14.3 Å². The maximum absolute atomic E-state index is 14.8. The molecule has 0 spiro atoms. The summed E-state index contributed by atoms with van der Waals surface area (Å²) in [5.41, 5.74) is 4.05. The second-order valence-corrected chi connectivity index (χ2v) is 8.56. The number of carbonyl (C=O) groups excluding carboxylic acids is 1. The Morgan fingerprint density at radius 2 is 1.89 bits per heavy atom. The van der Waals surface area contributed by atoms with Gasteiger partial charge in [-0.3, -0.25) is 4.79 Å². The number of fused-ring (bicyclic) bond motifs is 1. The van der Waals surface area contributed by atoms with Gasteiger partial charge in [-0.1, -0.05) is 48.4 Å². The van der Waals surface area contributed by atoms with Gasteiger partial charge < -0.3 is 20.3 Å². The lowest BCUT2D eigenvalue weighted by Gasteiger charge is -2.11. The summed E-state index contributed by atoms with van der Waals surface area (Å²) in [4.78, 5) is 21.3. The summed E-state index contributed by atoms with van der Waals surface area (Å²) in [6.45, 7) is 2.81. The van der Waals surface area contributed by atoms with Crippen LogP contribution >= 0.6 is 0 Å². The normalized spacial score (nSPS) is 11.4. The van der Waals surface area contributed by atoms with Crippen molar-refractivity contribution in [3.63, 3.8) is 0 Å². The van der Waals surface area contributed by atoms with E-state index in [-0.39, 0.29) is 17.6 Å². The van der Waals surface area contributed by atoms with Crippen molar-refractivity contribution in [2.24, 2.45) is 4.99 Å². The van der Waals surface area contributed by atoms with Gasteiger partial charge in [-0.2, -0.15) is 0 Å². The molecule has 182 valence electrons. The lowest BCUT2D eigenvalue weighted by atomic mass is 10.00. The standard InChI is InChI=1S/C29H27FN4O2/c1-4-31-26(35)15-11-19-10-14-23-25(16-19)33-29(36)27(23)28(20-8-6-5-7-9-20)32-22-13-12-21(18-34(2)3)24(30)17-22/h5-10,12-14,16-17,33,36H,4,18H2,1-3H3,(H,31,35). The van der Waals surface area contributed by atoms with Crippen molar-refractivity contribution in [1.29, 1.82) is 0 Å². The van der Waals surface area contributed by atoms with Gasteiger partial charge in [0.15, 0.2) is 5.88 Å². The molecule has 1 amide bonds. The third kappa shape index (κ3) is 5.62. The minimum absolute atomic E-state index is 0.0638. The number of H-pyrrole nitrogens is 1. The van der Waals surface area contributed by atoms with E-state index in [9.17, 15) is 14.3 Å². The molecule has 0 radical (unpaired) electrons. The summed E-state index contributed by atoms with van der Waals surface area (Å²) in [7, 11) is 3.77. The fourth-order valence-corrected chi connectivity index (χ4v) is 3.90. The van der Waals surface area contributed by atoms with Gasteiger partial charge >= 0.3 is 0 Å². The Bertz CT molecular complexity index is 1490. The lowest BCUT2D eigenvalue weighted by molar-refractivity contribution is -0.115. The number of aromatic amines is 1. The minimum atomic E-state index is -0.352. The Morgan fingerprint density at radius 3 is 2.58 bits per heavy atom. The van der Waals surface area contributed by atoms with Gasteiger partial charge in [0.05, 0.1) is 22.5 Å². The van der Waals surface area contributed by atoms with Gasteiger partial charge in [-0.05, 0) is 45.3 Å². The highest BCUT2D eigenvalue weighted by molar-refractivity contribution is 6.22. The molecule has 0 atom stereocenters. The Morgan fingerprint density at radius 1 is 1.11 bits per heavy atom. The molecule has 0 unspecified atom stereocenters. The Hall–Kier alpha value is -4.41. The van der Waals surface area contributed by atoms with Gasteiger partial charge in [0.1, 0.15) is 5.82 Å². The van der Waals surface area contributed by atoms with Gasteiger partial charge in [-0.15, -0.1) is 0 Å². The van der Waals surface area contributed by atoms with Crippen LogP contribution in [0, 0.1) is 17.7 Å². The van der Waals surface area contributed by atoms with Gasteiger partial charge in [0, 0.05) is 41.1 Å².